The minimum atomic E-state index is -3.93. The van der Waals surface area contributed by atoms with Crippen LogP contribution in [0.1, 0.15) is 5.56 Å². The highest BCUT2D eigenvalue weighted by Gasteiger charge is 2.21. The van der Waals surface area contributed by atoms with Crippen LogP contribution in [0.25, 0.3) is 0 Å². The van der Waals surface area contributed by atoms with Crippen molar-refractivity contribution in [2.45, 2.75) is 11.4 Å². The van der Waals surface area contributed by atoms with E-state index in [0.717, 1.165) is 22.2 Å². The molecule has 112 valence electrons. The van der Waals surface area contributed by atoms with Gasteiger partial charge in [0.25, 0.3) is 0 Å². The van der Waals surface area contributed by atoms with Crippen molar-refractivity contribution in [2.75, 3.05) is 0 Å². The van der Waals surface area contributed by atoms with E-state index in [2.05, 4.69) is 20.7 Å². The Balaban J connectivity index is 2.23. The summed E-state index contributed by atoms with van der Waals surface area (Å²) in [7, 11) is -3.93. The Morgan fingerprint density at radius 2 is 1.71 bits per heavy atom. The zero-order valence-electron chi connectivity index (χ0n) is 10.4. The second kappa shape index (κ2) is 6.62. The van der Waals surface area contributed by atoms with E-state index < -0.39 is 20.9 Å². The van der Waals surface area contributed by atoms with E-state index in [-0.39, 0.29) is 16.5 Å². The fraction of sp³-hybridized carbons (Fsp3) is 0.0769. The molecule has 0 atom stereocenters. The van der Waals surface area contributed by atoms with E-state index in [1.54, 1.807) is 24.3 Å². The molecule has 0 aliphatic heterocycles. The van der Waals surface area contributed by atoms with E-state index in [0.29, 0.717) is 0 Å². The van der Waals surface area contributed by atoms with E-state index in [1.807, 2.05) is 0 Å². The Morgan fingerprint density at radius 1 is 1.10 bits per heavy atom. The zero-order valence-corrected chi connectivity index (χ0v) is 14.3. The second-order valence-corrected chi connectivity index (χ2v) is 7.56. The van der Waals surface area contributed by atoms with Gasteiger partial charge >= 0.3 is 0 Å². The summed E-state index contributed by atoms with van der Waals surface area (Å²) in [6.07, 6.45) is 0. The van der Waals surface area contributed by atoms with Crippen LogP contribution < -0.4 is 4.72 Å². The molecular formula is C13H9BrCl2FNO2S. The quantitative estimate of drug-likeness (QED) is 0.757. The molecule has 0 bridgehead atoms. The summed E-state index contributed by atoms with van der Waals surface area (Å²) in [6, 6.07) is 9.42. The van der Waals surface area contributed by atoms with Gasteiger partial charge in [0.2, 0.25) is 10.0 Å². The van der Waals surface area contributed by atoms with Crippen LogP contribution >= 0.6 is 39.1 Å². The number of hydrogen-bond donors (Lipinski definition) is 1. The van der Waals surface area contributed by atoms with Crippen molar-refractivity contribution in [1.82, 2.24) is 4.72 Å². The van der Waals surface area contributed by atoms with Gasteiger partial charge in [-0.05, 0) is 29.8 Å². The molecular weight excluding hydrogens is 404 g/mol. The first-order chi connectivity index (χ1) is 9.81. The lowest BCUT2D eigenvalue weighted by atomic mass is 10.2. The van der Waals surface area contributed by atoms with E-state index >= 15 is 0 Å². The van der Waals surface area contributed by atoms with Gasteiger partial charge in [0, 0.05) is 11.0 Å². The number of sulfonamides is 1. The molecule has 8 heteroatoms. The minimum absolute atomic E-state index is 0.0657. The number of halogens is 4. The molecule has 1 N–H and O–H groups in total. The summed E-state index contributed by atoms with van der Waals surface area (Å²) in [5, 5.41) is -0.752. The Morgan fingerprint density at radius 3 is 2.33 bits per heavy atom. The van der Waals surface area contributed by atoms with Gasteiger partial charge in [0.05, 0.1) is 10.0 Å². The van der Waals surface area contributed by atoms with Crippen LogP contribution in [-0.2, 0) is 16.6 Å². The molecule has 21 heavy (non-hydrogen) atoms. The molecule has 0 fully saturated rings. The minimum Gasteiger partial charge on any atom is -0.207 e. The lowest BCUT2D eigenvalue weighted by molar-refractivity contribution is 0.577. The fourth-order valence-corrected chi connectivity index (χ4v) is 3.60. The monoisotopic (exact) mass is 411 g/mol. The van der Waals surface area contributed by atoms with Crippen molar-refractivity contribution in [3.05, 3.63) is 62.3 Å². The van der Waals surface area contributed by atoms with Crippen LogP contribution in [0, 0.1) is 5.82 Å². The molecule has 0 aliphatic rings. The van der Waals surface area contributed by atoms with Gasteiger partial charge in [0.15, 0.2) is 5.82 Å². The molecule has 0 spiro atoms. The van der Waals surface area contributed by atoms with Crippen LogP contribution in [0.3, 0.4) is 0 Å². The van der Waals surface area contributed by atoms with Crippen molar-refractivity contribution in [2.24, 2.45) is 0 Å². The third kappa shape index (κ3) is 3.96. The molecule has 0 aliphatic carbocycles. The molecule has 0 saturated carbocycles. The summed E-state index contributed by atoms with van der Waals surface area (Å²) in [5.41, 5.74) is 0.757. The Labute approximate surface area is 140 Å². The first kappa shape index (κ1) is 16.7. The van der Waals surface area contributed by atoms with Crippen LogP contribution in [0.5, 0.6) is 0 Å². The zero-order chi connectivity index (χ0) is 15.6. The van der Waals surface area contributed by atoms with Crippen LogP contribution in [0.2, 0.25) is 10.0 Å². The predicted molar refractivity (Wildman–Crippen MR) is 84.6 cm³/mol. The molecule has 3 nitrogen and oxygen atoms in total. The standard InChI is InChI=1S/C13H9BrCl2FNO2S/c14-9-3-1-8(2-4-9)7-18-21(19,20)11-6-5-10(15)13(17)12(11)16/h1-6,18H,7H2. The van der Waals surface area contributed by atoms with Gasteiger partial charge in [-0.25, -0.2) is 17.5 Å². The van der Waals surface area contributed by atoms with Crippen molar-refractivity contribution in [3.63, 3.8) is 0 Å². The molecule has 0 unspecified atom stereocenters. The summed E-state index contributed by atoms with van der Waals surface area (Å²) in [6.45, 7) is 0.0657. The summed E-state index contributed by atoms with van der Waals surface area (Å²) in [4.78, 5) is -0.344. The Kier molecular flexibility index (Phi) is 5.27. The van der Waals surface area contributed by atoms with Crippen molar-refractivity contribution in [1.29, 1.82) is 0 Å². The fourth-order valence-electron chi connectivity index (χ4n) is 1.57. The number of benzene rings is 2. The topological polar surface area (TPSA) is 46.2 Å². The van der Waals surface area contributed by atoms with Crippen LogP contribution in [0.15, 0.2) is 45.8 Å². The summed E-state index contributed by atoms with van der Waals surface area (Å²) in [5.74, 6) is -0.954. The molecule has 2 aromatic rings. The smallest absolute Gasteiger partial charge is 0.207 e. The maximum absolute atomic E-state index is 13.6. The molecule has 0 radical (unpaired) electrons. The number of rotatable bonds is 4. The van der Waals surface area contributed by atoms with Gasteiger partial charge in [-0.3, -0.25) is 0 Å². The van der Waals surface area contributed by atoms with E-state index in [4.69, 9.17) is 23.2 Å². The lowest BCUT2D eigenvalue weighted by Crippen LogP contribution is -2.23. The summed E-state index contributed by atoms with van der Waals surface area (Å²) < 4.78 is 41.1. The first-order valence-corrected chi connectivity index (χ1v) is 8.72. The average molecular weight is 413 g/mol. The third-order valence-electron chi connectivity index (χ3n) is 2.67. The van der Waals surface area contributed by atoms with E-state index in [9.17, 15) is 12.8 Å². The highest BCUT2D eigenvalue weighted by atomic mass is 79.9. The van der Waals surface area contributed by atoms with Gasteiger partial charge < -0.3 is 0 Å². The predicted octanol–water partition coefficient (Wildman–Crippen LogP) is 4.37. The van der Waals surface area contributed by atoms with Gasteiger partial charge in [-0.1, -0.05) is 51.3 Å². The van der Waals surface area contributed by atoms with E-state index in [1.165, 1.54) is 0 Å². The Hall–Kier alpha value is -0.660. The molecule has 2 rings (SSSR count). The molecule has 0 amide bonds. The molecule has 2 aromatic carbocycles. The van der Waals surface area contributed by atoms with Crippen molar-refractivity contribution >= 4 is 49.2 Å². The largest absolute Gasteiger partial charge is 0.242 e. The van der Waals surface area contributed by atoms with Crippen molar-refractivity contribution < 1.29 is 12.8 Å². The number of nitrogens with one attached hydrogen (secondary N) is 1. The average Bonchev–Trinajstić information content (AvgIpc) is 2.44. The maximum atomic E-state index is 13.6. The summed E-state index contributed by atoms with van der Waals surface area (Å²) >= 11 is 14.5. The third-order valence-corrected chi connectivity index (χ3v) is 5.41. The Bertz CT molecular complexity index is 766. The molecule has 0 saturated heterocycles. The van der Waals surface area contributed by atoms with Crippen LogP contribution in [0.4, 0.5) is 4.39 Å². The lowest BCUT2D eigenvalue weighted by Gasteiger charge is -2.09. The molecule has 0 heterocycles. The first-order valence-electron chi connectivity index (χ1n) is 5.69. The SMILES string of the molecule is O=S(=O)(NCc1ccc(Br)cc1)c1ccc(Cl)c(F)c1Cl. The molecule has 0 aromatic heterocycles. The van der Waals surface area contributed by atoms with Crippen LogP contribution in [-0.4, -0.2) is 8.42 Å². The van der Waals surface area contributed by atoms with Crippen molar-refractivity contribution in [3.8, 4) is 0 Å². The second-order valence-electron chi connectivity index (χ2n) is 4.12. The maximum Gasteiger partial charge on any atom is 0.242 e. The highest BCUT2D eigenvalue weighted by molar-refractivity contribution is 9.10. The van der Waals surface area contributed by atoms with Gasteiger partial charge in [-0.2, -0.15) is 0 Å². The highest BCUT2D eigenvalue weighted by Crippen LogP contribution is 2.29. The normalized spacial score (nSPS) is 11.6. The van der Waals surface area contributed by atoms with Gasteiger partial charge in [0.1, 0.15) is 4.90 Å². The van der Waals surface area contributed by atoms with Gasteiger partial charge in [-0.15, -0.1) is 0 Å². The number of hydrogen-bond acceptors (Lipinski definition) is 2.